The fraction of sp³-hybridized carbons (Fsp3) is 0.500. The number of hydrogen-bond donors (Lipinski definition) is 3. The number of H-pyrrole nitrogens is 1. The van der Waals surface area contributed by atoms with Crippen LogP contribution in [0.4, 0.5) is 5.82 Å². The van der Waals surface area contributed by atoms with Gasteiger partial charge in [0.2, 0.25) is 5.28 Å². The molecular formula is C10H14ClN5O. The van der Waals surface area contributed by atoms with Gasteiger partial charge < -0.3 is 10.4 Å². The van der Waals surface area contributed by atoms with Gasteiger partial charge >= 0.3 is 0 Å². The SMILES string of the molecule is CC(CCCO)Nc1nc(Cl)nc2[nH]ncc12. The van der Waals surface area contributed by atoms with Crippen molar-refractivity contribution < 1.29 is 5.11 Å². The zero-order valence-corrected chi connectivity index (χ0v) is 10.2. The Morgan fingerprint density at radius 3 is 3.12 bits per heavy atom. The van der Waals surface area contributed by atoms with E-state index in [1.807, 2.05) is 6.92 Å². The molecule has 0 aliphatic carbocycles. The number of rotatable bonds is 5. The van der Waals surface area contributed by atoms with Gasteiger partial charge in [-0.3, -0.25) is 5.10 Å². The maximum absolute atomic E-state index is 8.77. The minimum Gasteiger partial charge on any atom is -0.396 e. The highest BCUT2D eigenvalue weighted by Gasteiger charge is 2.10. The second-order valence-electron chi connectivity index (χ2n) is 3.88. The summed E-state index contributed by atoms with van der Waals surface area (Å²) in [4.78, 5) is 8.16. The predicted octanol–water partition coefficient (Wildman–Crippen LogP) is 1.58. The summed E-state index contributed by atoms with van der Waals surface area (Å²) in [6, 6.07) is 0.200. The van der Waals surface area contributed by atoms with Crippen LogP contribution in [-0.4, -0.2) is 37.9 Å². The smallest absolute Gasteiger partial charge is 0.226 e. The van der Waals surface area contributed by atoms with Crippen molar-refractivity contribution in [3.8, 4) is 0 Å². The van der Waals surface area contributed by atoms with Crippen LogP contribution in [-0.2, 0) is 0 Å². The molecule has 2 rings (SSSR count). The molecule has 0 saturated heterocycles. The predicted molar refractivity (Wildman–Crippen MR) is 66.1 cm³/mol. The number of halogens is 1. The minimum absolute atomic E-state index is 0.179. The molecular weight excluding hydrogens is 242 g/mol. The van der Waals surface area contributed by atoms with E-state index in [1.54, 1.807) is 6.20 Å². The molecule has 0 aliphatic heterocycles. The van der Waals surface area contributed by atoms with E-state index in [-0.39, 0.29) is 17.9 Å². The summed E-state index contributed by atoms with van der Waals surface area (Å²) in [6.07, 6.45) is 3.27. The minimum atomic E-state index is 0.179. The lowest BCUT2D eigenvalue weighted by Gasteiger charge is -2.14. The molecule has 6 nitrogen and oxygen atoms in total. The van der Waals surface area contributed by atoms with Gasteiger partial charge in [-0.25, -0.2) is 0 Å². The van der Waals surface area contributed by atoms with Crippen molar-refractivity contribution >= 4 is 28.5 Å². The zero-order valence-electron chi connectivity index (χ0n) is 9.44. The average Bonchev–Trinajstić information content (AvgIpc) is 2.74. The van der Waals surface area contributed by atoms with Crippen LogP contribution in [0.25, 0.3) is 11.0 Å². The fourth-order valence-corrected chi connectivity index (χ4v) is 1.79. The molecule has 7 heteroatoms. The number of anilines is 1. The first kappa shape index (κ1) is 12.1. The van der Waals surface area contributed by atoms with E-state index in [2.05, 4.69) is 25.5 Å². The Bertz CT molecular complexity index is 500. The molecule has 0 aliphatic rings. The third kappa shape index (κ3) is 2.83. The highest BCUT2D eigenvalue weighted by molar-refractivity contribution is 6.28. The van der Waals surface area contributed by atoms with E-state index < -0.39 is 0 Å². The number of aromatic amines is 1. The largest absolute Gasteiger partial charge is 0.396 e. The van der Waals surface area contributed by atoms with Gasteiger partial charge in [-0.1, -0.05) is 0 Å². The van der Waals surface area contributed by atoms with Crippen molar-refractivity contribution in [1.82, 2.24) is 20.2 Å². The summed E-state index contributed by atoms with van der Waals surface area (Å²) in [5, 5.41) is 19.7. The van der Waals surface area contributed by atoms with Crippen LogP contribution < -0.4 is 5.32 Å². The maximum Gasteiger partial charge on any atom is 0.226 e. The van der Waals surface area contributed by atoms with Crippen LogP contribution in [0.3, 0.4) is 0 Å². The molecule has 0 radical (unpaired) electrons. The first-order valence-corrected chi connectivity index (χ1v) is 5.82. The third-order valence-corrected chi connectivity index (χ3v) is 2.63. The summed E-state index contributed by atoms with van der Waals surface area (Å²) in [5.74, 6) is 0.666. The molecule has 3 N–H and O–H groups in total. The van der Waals surface area contributed by atoms with Crippen molar-refractivity contribution in [2.24, 2.45) is 0 Å². The van der Waals surface area contributed by atoms with Crippen LogP contribution in [0.1, 0.15) is 19.8 Å². The normalized spacial score (nSPS) is 12.9. The highest BCUT2D eigenvalue weighted by Crippen LogP contribution is 2.21. The quantitative estimate of drug-likeness (QED) is 0.706. The van der Waals surface area contributed by atoms with Crippen LogP contribution >= 0.6 is 11.6 Å². The Balaban J connectivity index is 2.19. The summed E-state index contributed by atoms with van der Waals surface area (Å²) in [6.45, 7) is 2.22. The number of aromatic nitrogens is 4. The van der Waals surface area contributed by atoms with E-state index in [0.29, 0.717) is 11.5 Å². The maximum atomic E-state index is 8.77. The van der Waals surface area contributed by atoms with Crippen molar-refractivity contribution in [3.05, 3.63) is 11.5 Å². The molecule has 2 aromatic rings. The third-order valence-electron chi connectivity index (χ3n) is 2.46. The van der Waals surface area contributed by atoms with E-state index in [4.69, 9.17) is 16.7 Å². The van der Waals surface area contributed by atoms with Crippen LogP contribution in [0.15, 0.2) is 6.20 Å². The van der Waals surface area contributed by atoms with Gasteiger partial charge in [-0.05, 0) is 31.4 Å². The second-order valence-corrected chi connectivity index (χ2v) is 4.22. The first-order valence-electron chi connectivity index (χ1n) is 5.44. The molecule has 92 valence electrons. The number of nitrogens with zero attached hydrogens (tertiary/aromatic N) is 3. The van der Waals surface area contributed by atoms with Gasteiger partial charge in [0.05, 0.1) is 11.6 Å². The van der Waals surface area contributed by atoms with Crippen LogP contribution in [0.5, 0.6) is 0 Å². The van der Waals surface area contributed by atoms with Gasteiger partial charge in [0, 0.05) is 12.6 Å². The Labute approximate surface area is 103 Å². The number of aliphatic hydroxyl groups is 1. The van der Waals surface area contributed by atoms with Gasteiger partial charge in [0.25, 0.3) is 0 Å². The van der Waals surface area contributed by atoms with Crippen molar-refractivity contribution in [2.45, 2.75) is 25.8 Å². The number of hydrogen-bond acceptors (Lipinski definition) is 5. The van der Waals surface area contributed by atoms with Crippen molar-refractivity contribution in [3.63, 3.8) is 0 Å². The number of fused-ring (bicyclic) bond motifs is 1. The molecule has 2 heterocycles. The lowest BCUT2D eigenvalue weighted by Crippen LogP contribution is -2.16. The molecule has 0 fully saturated rings. The second kappa shape index (κ2) is 5.29. The lowest BCUT2D eigenvalue weighted by molar-refractivity contribution is 0.282. The van der Waals surface area contributed by atoms with Crippen LogP contribution in [0, 0.1) is 0 Å². The zero-order chi connectivity index (χ0) is 12.3. The molecule has 0 spiro atoms. The summed E-state index contributed by atoms with van der Waals surface area (Å²) in [7, 11) is 0. The summed E-state index contributed by atoms with van der Waals surface area (Å²) >= 11 is 5.82. The lowest BCUT2D eigenvalue weighted by atomic mass is 10.2. The molecule has 1 unspecified atom stereocenters. The van der Waals surface area contributed by atoms with Gasteiger partial charge in [0.15, 0.2) is 5.65 Å². The Hall–Kier alpha value is -1.40. The monoisotopic (exact) mass is 255 g/mol. The van der Waals surface area contributed by atoms with Gasteiger partial charge in [-0.2, -0.15) is 15.1 Å². The molecule has 1 atom stereocenters. The molecule has 17 heavy (non-hydrogen) atoms. The first-order chi connectivity index (χ1) is 8.20. The Kier molecular flexibility index (Phi) is 3.75. The average molecular weight is 256 g/mol. The van der Waals surface area contributed by atoms with Gasteiger partial charge in [0.1, 0.15) is 5.82 Å². The van der Waals surface area contributed by atoms with Crippen LogP contribution in [0.2, 0.25) is 5.28 Å². The summed E-state index contributed by atoms with van der Waals surface area (Å²) < 4.78 is 0. The molecule has 0 saturated carbocycles. The van der Waals surface area contributed by atoms with E-state index in [1.165, 1.54) is 0 Å². The molecule has 0 bridgehead atoms. The topological polar surface area (TPSA) is 86.7 Å². The van der Waals surface area contributed by atoms with E-state index in [0.717, 1.165) is 18.2 Å². The van der Waals surface area contributed by atoms with Crippen molar-refractivity contribution in [1.29, 1.82) is 0 Å². The summed E-state index contributed by atoms with van der Waals surface area (Å²) in [5.41, 5.74) is 0.613. The Morgan fingerprint density at radius 2 is 2.35 bits per heavy atom. The van der Waals surface area contributed by atoms with E-state index >= 15 is 0 Å². The fourth-order valence-electron chi connectivity index (χ4n) is 1.62. The number of aliphatic hydroxyl groups excluding tert-OH is 1. The standard InChI is InChI=1S/C10H14ClN5O/c1-6(3-2-4-17)13-8-7-5-12-16-9(7)15-10(11)14-8/h5-6,17H,2-4H2,1H3,(H2,12,13,14,15,16). The number of nitrogens with one attached hydrogen (secondary N) is 2. The van der Waals surface area contributed by atoms with Gasteiger partial charge in [-0.15, -0.1) is 0 Å². The molecule has 2 aromatic heterocycles. The molecule has 0 aromatic carbocycles. The highest BCUT2D eigenvalue weighted by atomic mass is 35.5. The molecule has 0 amide bonds. The van der Waals surface area contributed by atoms with E-state index in [9.17, 15) is 0 Å². The Morgan fingerprint density at radius 1 is 1.53 bits per heavy atom. The van der Waals surface area contributed by atoms with Crippen molar-refractivity contribution in [2.75, 3.05) is 11.9 Å².